The number of nitro groups is 1. The molecule has 0 aliphatic carbocycles. The van der Waals surface area contributed by atoms with Crippen LogP contribution in [0.25, 0.3) is 11.4 Å². The minimum atomic E-state index is -0.522. The average molecular weight is 275 g/mol. The fraction of sp³-hybridized carbons (Fsp3) is 0.231. The fourth-order valence-electron chi connectivity index (χ4n) is 1.98. The van der Waals surface area contributed by atoms with Crippen molar-refractivity contribution in [2.24, 2.45) is 0 Å². The number of nitrogens with zero attached hydrogens (tertiary/aromatic N) is 2. The number of aryl methyl sites for hydroxylation is 1. The Labute approximate surface area is 114 Å². The molecule has 7 nitrogen and oxygen atoms in total. The lowest BCUT2D eigenvalue weighted by atomic mass is 10.1. The normalized spacial score (nSPS) is 10.5. The molecule has 0 unspecified atom stereocenters. The number of hydrogen-bond donors (Lipinski definition) is 2. The van der Waals surface area contributed by atoms with Gasteiger partial charge in [0.2, 0.25) is 0 Å². The number of benzene rings is 1. The van der Waals surface area contributed by atoms with E-state index in [9.17, 15) is 14.9 Å². The van der Waals surface area contributed by atoms with Crippen LogP contribution in [0.4, 0.5) is 5.69 Å². The van der Waals surface area contributed by atoms with Crippen LogP contribution in [-0.2, 0) is 6.42 Å². The zero-order valence-corrected chi connectivity index (χ0v) is 10.8. The molecule has 0 atom stereocenters. The molecule has 0 bridgehead atoms. The number of H-pyrrole nitrogens is 1. The fourth-order valence-corrected chi connectivity index (χ4v) is 1.98. The molecule has 7 heteroatoms. The van der Waals surface area contributed by atoms with E-state index in [0.29, 0.717) is 11.3 Å². The predicted molar refractivity (Wildman–Crippen MR) is 72.5 cm³/mol. The van der Waals surface area contributed by atoms with E-state index in [1.165, 1.54) is 12.1 Å². The number of para-hydroxylation sites is 1. The summed E-state index contributed by atoms with van der Waals surface area (Å²) in [4.78, 5) is 29.1. The highest BCUT2D eigenvalue weighted by atomic mass is 16.6. The minimum absolute atomic E-state index is 0.120. The van der Waals surface area contributed by atoms with Crippen LogP contribution in [0, 0.1) is 17.0 Å². The Bertz CT molecular complexity index is 709. The molecule has 0 amide bonds. The van der Waals surface area contributed by atoms with Gasteiger partial charge in [0.05, 0.1) is 10.5 Å². The zero-order valence-electron chi connectivity index (χ0n) is 10.8. The average Bonchev–Trinajstić information content (AvgIpc) is 2.42. The number of hydrogen-bond acceptors (Lipinski definition) is 5. The number of rotatable bonds is 4. The Morgan fingerprint density at radius 3 is 2.70 bits per heavy atom. The Kier molecular flexibility index (Phi) is 3.90. The summed E-state index contributed by atoms with van der Waals surface area (Å²) < 4.78 is 0. The molecule has 104 valence electrons. The molecule has 0 aliphatic heterocycles. The summed E-state index contributed by atoms with van der Waals surface area (Å²) in [7, 11) is 0. The molecule has 2 rings (SSSR count). The first-order chi connectivity index (χ1) is 9.54. The Hall–Kier alpha value is -2.54. The van der Waals surface area contributed by atoms with Crippen LogP contribution < -0.4 is 5.56 Å². The topological polar surface area (TPSA) is 109 Å². The van der Waals surface area contributed by atoms with Crippen LogP contribution >= 0.6 is 0 Å². The van der Waals surface area contributed by atoms with E-state index in [0.717, 1.165) is 0 Å². The second-order valence-corrected chi connectivity index (χ2v) is 4.23. The van der Waals surface area contributed by atoms with Crippen LogP contribution in [0.15, 0.2) is 29.1 Å². The molecule has 2 N–H and O–H groups in total. The molecule has 1 aromatic heterocycles. The summed E-state index contributed by atoms with van der Waals surface area (Å²) in [6, 6.07) is 6.07. The third-order valence-electron chi connectivity index (χ3n) is 2.94. The van der Waals surface area contributed by atoms with Crippen LogP contribution in [0.2, 0.25) is 0 Å². The van der Waals surface area contributed by atoms with Gasteiger partial charge in [-0.15, -0.1) is 0 Å². The van der Waals surface area contributed by atoms with Crippen molar-refractivity contribution >= 4 is 5.69 Å². The van der Waals surface area contributed by atoms with Crippen molar-refractivity contribution < 1.29 is 10.0 Å². The van der Waals surface area contributed by atoms with Crippen molar-refractivity contribution in [1.29, 1.82) is 0 Å². The molecular formula is C13H13N3O4. The largest absolute Gasteiger partial charge is 0.396 e. The van der Waals surface area contributed by atoms with Gasteiger partial charge < -0.3 is 10.1 Å². The van der Waals surface area contributed by atoms with Gasteiger partial charge in [0.25, 0.3) is 11.2 Å². The molecule has 1 heterocycles. The molecular weight excluding hydrogens is 262 g/mol. The highest BCUT2D eigenvalue weighted by molar-refractivity contribution is 5.67. The van der Waals surface area contributed by atoms with Crippen molar-refractivity contribution in [3.8, 4) is 11.4 Å². The maximum absolute atomic E-state index is 11.9. The quantitative estimate of drug-likeness (QED) is 0.643. The molecule has 0 saturated heterocycles. The van der Waals surface area contributed by atoms with E-state index in [1.807, 2.05) is 0 Å². The molecule has 1 aromatic carbocycles. The number of aliphatic hydroxyl groups excluding tert-OH is 1. The summed E-state index contributed by atoms with van der Waals surface area (Å²) >= 11 is 0. The maximum atomic E-state index is 11.9. The summed E-state index contributed by atoms with van der Waals surface area (Å²) in [5.74, 6) is 0.154. The smallest absolute Gasteiger partial charge is 0.280 e. The number of aliphatic hydroxyl groups is 1. The lowest BCUT2D eigenvalue weighted by molar-refractivity contribution is -0.384. The molecule has 0 fully saturated rings. The van der Waals surface area contributed by atoms with Gasteiger partial charge in [0.1, 0.15) is 5.82 Å². The standard InChI is InChI=1S/C13H13N3O4/c1-8-9(6-7-17)13(18)15-12(14-8)10-4-2-3-5-11(10)16(19)20/h2-5,17H,6-7H2,1H3,(H,14,15,18). The van der Waals surface area contributed by atoms with Crippen LogP contribution in [0.5, 0.6) is 0 Å². The summed E-state index contributed by atoms with van der Waals surface area (Å²) in [6.07, 6.45) is 0.200. The molecule has 20 heavy (non-hydrogen) atoms. The van der Waals surface area contributed by atoms with E-state index >= 15 is 0 Å². The van der Waals surface area contributed by atoms with E-state index in [4.69, 9.17) is 5.11 Å². The van der Waals surface area contributed by atoms with Crippen molar-refractivity contribution in [2.75, 3.05) is 6.61 Å². The molecule has 2 aromatic rings. The molecule has 0 spiro atoms. The van der Waals surface area contributed by atoms with E-state index in [1.54, 1.807) is 19.1 Å². The lowest BCUT2D eigenvalue weighted by Crippen LogP contribution is -2.18. The number of aromatic nitrogens is 2. The third kappa shape index (κ3) is 2.57. The minimum Gasteiger partial charge on any atom is -0.396 e. The number of nitrogens with one attached hydrogen (secondary N) is 1. The van der Waals surface area contributed by atoms with Gasteiger partial charge >= 0.3 is 0 Å². The van der Waals surface area contributed by atoms with Crippen LogP contribution in [-0.4, -0.2) is 26.6 Å². The van der Waals surface area contributed by atoms with Gasteiger partial charge in [-0.1, -0.05) is 12.1 Å². The van der Waals surface area contributed by atoms with Crippen molar-refractivity contribution in [3.05, 3.63) is 56.0 Å². The van der Waals surface area contributed by atoms with Gasteiger partial charge in [0.15, 0.2) is 0 Å². The summed E-state index contributed by atoms with van der Waals surface area (Å²) in [5, 5.41) is 19.9. The van der Waals surface area contributed by atoms with Gasteiger partial charge in [-0.05, 0) is 13.0 Å². The second kappa shape index (κ2) is 5.62. The van der Waals surface area contributed by atoms with Crippen LogP contribution in [0.1, 0.15) is 11.3 Å². The lowest BCUT2D eigenvalue weighted by Gasteiger charge is -2.06. The summed E-state index contributed by atoms with van der Waals surface area (Å²) in [6.45, 7) is 1.48. The first-order valence-corrected chi connectivity index (χ1v) is 5.99. The van der Waals surface area contributed by atoms with Gasteiger partial charge in [0, 0.05) is 30.4 Å². The summed E-state index contributed by atoms with van der Waals surface area (Å²) in [5.41, 5.74) is 0.587. The van der Waals surface area contributed by atoms with E-state index in [-0.39, 0.29) is 35.7 Å². The third-order valence-corrected chi connectivity index (χ3v) is 2.94. The van der Waals surface area contributed by atoms with Gasteiger partial charge in [-0.2, -0.15) is 0 Å². The zero-order chi connectivity index (χ0) is 14.7. The maximum Gasteiger partial charge on any atom is 0.280 e. The number of aromatic amines is 1. The second-order valence-electron chi connectivity index (χ2n) is 4.23. The predicted octanol–water partition coefficient (Wildman–Crippen LogP) is 1.19. The highest BCUT2D eigenvalue weighted by Gasteiger charge is 2.17. The molecule has 0 saturated carbocycles. The number of nitro benzene ring substituents is 1. The first kappa shape index (κ1) is 13.9. The van der Waals surface area contributed by atoms with Crippen molar-refractivity contribution in [2.45, 2.75) is 13.3 Å². The SMILES string of the molecule is Cc1nc(-c2ccccc2[N+](=O)[O-])[nH]c(=O)c1CCO. The van der Waals surface area contributed by atoms with Crippen molar-refractivity contribution in [1.82, 2.24) is 9.97 Å². The highest BCUT2D eigenvalue weighted by Crippen LogP contribution is 2.26. The van der Waals surface area contributed by atoms with E-state index < -0.39 is 4.92 Å². The first-order valence-electron chi connectivity index (χ1n) is 5.99. The van der Waals surface area contributed by atoms with Crippen molar-refractivity contribution in [3.63, 3.8) is 0 Å². The van der Waals surface area contributed by atoms with Gasteiger partial charge in [-0.25, -0.2) is 4.98 Å². The monoisotopic (exact) mass is 275 g/mol. The van der Waals surface area contributed by atoms with Gasteiger partial charge in [-0.3, -0.25) is 14.9 Å². The Morgan fingerprint density at radius 2 is 2.10 bits per heavy atom. The Morgan fingerprint density at radius 1 is 1.40 bits per heavy atom. The molecule has 0 aliphatic rings. The van der Waals surface area contributed by atoms with Crippen LogP contribution in [0.3, 0.4) is 0 Å². The van der Waals surface area contributed by atoms with E-state index in [2.05, 4.69) is 9.97 Å². The molecule has 0 radical (unpaired) electrons. The Balaban J connectivity index is 2.61.